The van der Waals surface area contributed by atoms with Crippen LogP contribution in [0.1, 0.15) is 58.8 Å². The Hall–Kier alpha value is -2.97. The zero-order valence-electron chi connectivity index (χ0n) is 23.8. The number of nitrogens with zero attached hydrogens (tertiary/aromatic N) is 3. The SMILES string of the molecule is C=CCN(C(=O)[C@@H]1[C@H]2C(=O)N([C@H](C)CO)C(C(=O)N(CC=C)C3CCCCC3)C23CC[C@@]1(C)O3)c1ccccc1. The van der Waals surface area contributed by atoms with Gasteiger partial charge in [-0.2, -0.15) is 0 Å². The minimum absolute atomic E-state index is 0.0730. The van der Waals surface area contributed by atoms with Crippen molar-refractivity contribution in [3.63, 3.8) is 0 Å². The van der Waals surface area contributed by atoms with Gasteiger partial charge in [-0.05, 0) is 51.7 Å². The van der Waals surface area contributed by atoms with Crippen LogP contribution in [0.15, 0.2) is 55.6 Å². The van der Waals surface area contributed by atoms with E-state index in [2.05, 4.69) is 13.2 Å². The average molecular weight is 550 g/mol. The van der Waals surface area contributed by atoms with Crippen LogP contribution in [0.5, 0.6) is 0 Å². The van der Waals surface area contributed by atoms with Gasteiger partial charge in [0, 0.05) is 24.8 Å². The standard InChI is InChI=1S/C32H43N3O5/c1-5-19-33(23-13-9-7-10-14-23)28(37)25-26-29(38)35(22(3)21-36)27(32(26)18-17-31(25,4)40-32)30(39)34(20-6-2)24-15-11-8-12-16-24/h5-7,9-10,13-14,22,24-27,36H,1-2,8,11-12,15-21H2,3-4H3/t22-,25+,26+,27?,31-,32?/m1/s1. The van der Waals surface area contributed by atoms with Crippen molar-refractivity contribution in [2.45, 2.75) is 88.1 Å². The number of aliphatic hydroxyl groups is 1. The van der Waals surface area contributed by atoms with E-state index in [0.29, 0.717) is 19.4 Å². The number of ether oxygens (including phenoxy) is 1. The summed E-state index contributed by atoms with van der Waals surface area (Å²) in [6.45, 7) is 11.8. The molecule has 1 aromatic carbocycles. The van der Waals surface area contributed by atoms with Crippen LogP contribution >= 0.6 is 0 Å². The smallest absolute Gasteiger partial charge is 0.248 e. The first kappa shape index (κ1) is 28.6. The lowest BCUT2D eigenvalue weighted by molar-refractivity contribution is -0.156. The van der Waals surface area contributed by atoms with Crippen molar-refractivity contribution < 1.29 is 24.2 Å². The summed E-state index contributed by atoms with van der Waals surface area (Å²) in [6, 6.07) is 7.95. The Labute approximate surface area is 237 Å². The first-order valence-electron chi connectivity index (χ1n) is 14.8. The van der Waals surface area contributed by atoms with Crippen molar-refractivity contribution in [1.29, 1.82) is 0 Å². The second-order valence-corrected chi connectivity index (χ2v) is 12.1. The number of benzene rings is 1. The number of amides is 3. The van der Waals surface area contributed by atoms with E-state index in [4.69, 9.17) is 4.74 Å². The van der Waals surface area contributed by atoms with Gasteiger partial charge in [-0.15, -0.1) is 13.2 Å². The van der Waals surface area contributed by atoms with E-state index in [1.165, 1.54) is 4.90 Å². The van der Waals surface area contributed by atoms with Crippen molar-refractivity contribution in [3.05, 3.63) is 55.6 Å². The highest BCUT2D eigenvalue weighted by molar-refractivity contribution is 6.03. The van der Waals surface area contributed by atoms with Gasteiger partial charge in [0.15, 0.2) is 0 Å². The van der Waals surface area contributed by atoms with Crippen LogP contribution in [0.3, 0.4) is 0 Å². The monoisotopic (exact) mass is 549 g/mol. The first-order valence-corrected chi connectivity index (χ1v) is 14.8. The summed E-state index contributed by atoms with van der Waals surface area (Å²) in [5.41, 5.74) is -1.29. The Balaban J connectivity index is 1.57. The largest absolute Gasteiger partial charge is 0.394 e. The molecule has 4 fully saturated rings. The molecule has 8 heteroatoms. The highest BCUT2D eigenvalue weighted by Crippen LogP contribution is 2.64. The molecule has 3 aliphatic heterocycles. The maximum atomic E-state index is 14.6. The highest BCUT2D eigenvalue weighted by atomic mass is 16.5. The second-order valence-electron chi connectivity index (χ2n) is 12.1. The number of aliphatic hydroxyl groups excluding tert-OH is 1. The maximum Gasteiger partial charge on any atom is 0.248 e. The quantitative estimate of drug-likeness (QED) is 0.450. The van der Waals surface area contributed by atoms with E-state index in [-0.39, 0.29) is 36.9 Å². The predicted octanol–water partition coefficient (Wildman–Crippen LogP) is 3.70. The molecule has 0 aromatic heterocycles. The molecule has 1 aromatic rings. The first-order chi connectivity index (χ1) is 19.2. The minimum atomic E-state index is -1.13. The third kappa shape index (κ3) is 4.40. The number of rotatable bonds is 10. The van der Waals surface area contributed by atoms with Gasteiger partial charge in [-0.1, -0.05) is 49.6 Å². The molecule has 8 nitrogen and oxygen atoms in total. The van der Waals surface area contributed by atoms with Gasteiger partial charge < -0.3 is 24.5 Å². The summed E-state index contributed by atoms with van der Waals surface area (Å²) in [7, 11) is 0. The molecule has 3 saturated heterocycles. The number of fused-ring (bicyclic) bond motifs is 1. The number of hydrogen-bond donors (Lipinski definition) is 1. The lowest BCUT2D eigenvalue weighted by atomic mass is 9.66. The summed E-state index contributed by atoms with van der Waals surface area (Å²) in [5.74, 6) is -2.22. The molecule has 1 saturated carbocycles. The summed E-state index contributed by atoms with van der Waals surface area (Å²) in [4.78, 5) is 48.4. The zero-order valence-corrected chi connectivity index (χ0v) is 23.8. The van der Waals surface area contributed by atoms with Gasteiger partial charge in [-0.25, -0.2) is 0 Å². The van der Waals surface area contributed by atoms with Crippen molar-refractivity contribution >= 4 is 23.4 Å². The molecule has 0 radical (unpaired) electrons. The van der Waals surface area contributed by atoms with Gasteiger partial charge in [0.1, 0.15) is 11.6 Å². The molecule has 4 aliphatic rings. The number of likely N-dealkylation sites (tertiary alicyclic amines) is 1. The van der Waals surface area contributed by atoms with Crippen LogP contribution in [0.25, 0.3) is 0 Å². The highest BCUT2D eigenvalue weighted by Gasteiger charge is 2.78. The number of hydrogen-bond acceptors (Lipinski definition) is 5. The molecule has 40 heavy (non-hydrogen) atoms. The van der Waals surface area contributed by atoms with Crippen molar-refractivity contribution in [3.8, 4) is 0 Å². The van der Waals surface area contributed by atoms with Gasteiger partial charge in [-0.3, -0.25) is 14.4 Å². The summed E-state index contributed by atoms with van der Waals surface area (Å²) >= 11 is 0. The van der Waals surface area contributed by atoms with Crippen LogP contribution in [0.2, 0.25) is 0 Å². The van der Waals surface area contributed by atoms with Crippen LogP contribution in [0.4, 0.5) is 5.69 Å². The van der Waals surface area contributed by atoms with E-state index < -0.39 is 35.1 Å². The average Bonchev–Trinajstić information content (AvgIpc) is 3.55. The molecule has 3 amide bonds. The Bertz CT molecular complexity index is 1150. The molecular weight excluding hydrogens is 506 g/mol. The Morgan fingerprint density at radius 2 is 1.77 bits per heavy atom. The molecule has 5 rings (SSSR count). The van der Waals surface area contributed by atoms with Crippen LogP contribution in [-0.4, -0.2) is 81.7 Å². The Morgan fingerprint density at radius 1 is 1.10 bits per heavy atom. The van der Waals surface area contributed by atoms with Crippen molar-refractivity contribution in [2.24, 2.45) is 11.8 Å². The van der Waals surface area contributed by atoms with Gasteiger partial charge >= 0.3 is 0 Å². The topological polar surface area (TPSA) is 90.4 Å². The summed E-state index contributed by atoms with van der Waals surface area (Å²) < 4.78 is 6.82. The van der Waals surface area contributed by atoms with E-state index in [9.17, 15) is 19.5 Å². The predicted molar refractivity (Wildman–Crippen MR) is 153 cm³/mol. The van der Waals surface area contributed by atoms with Crippen molar-refractivity contribution in [2.75, 3.05) is 24.6 Å². The summed E-state index contributed by atoms with van der Waals surface area (Å²) in [5, 5.41) is 10.2. The van der Waals surface area contributed by atoms with E-state index in [0.717, 1.165) is 37.8 Å². The molecule has 1 N–H and O–H groups in total. The fourth-order valence-electron chi connectivity index (χ4n) is 7.92. The zero-order chi connectivity index (χ0) is 28.7. The Morgan fingerprint density at radius 3 is 2.40 bits per heavy atom. The number of carbonyl (C=O) groups excluding carboxylic acids is 3. The number of para-hydroxylation sites is 1. The van der Waals surface area contributed by atoms with Gasteiger partial charge in [0.05, 0.1) is 30.1 Å². The molecule has 216 valence electrons. The lowest BCUT2D eigenvalue weighted by Gasteiger charge is -2.42. The normalized spacial score (nSPS) is 32.0. The van der Waals surface area contributed by atoms with Gasteiger partial charge in [0.25, 0.3) is 0 Å². The molecule has 3 heterocycles. The van der Waals surface area contributed by atoms with E-state index in [1.807, 2.05) is 42.2 Å². The fraction of sp³-hybridized carbons (Fsp3) is 0.594. The molecule has 2 unspecified atom stereocenters. The van der Waals surface area contributed by atoms with Crippen LogP contribution < -0.4 is 4.90 Å². The summed E-state index contributed by atoms with van der Waals surface area (Å²) in [6.07, 6.45) is 9.60. The maximum absolute atomic E-state index is 14.6. The van der Waals surface area contributed by atoms with Crippen LogP contribution in [0, 0.1) is 11.8 Å². The fourth-order valence-corrected chi connectivity index (χ4v) is 7.92. The van der Waals surface area contributed by atoms with E-state index in [1.54, 1.807) is 24.0 Å². The Kier molecular flexibility index (Phi) is 7.94. The molecule has 1 spiro atoms. The third-order valence-electron chi connectivity index (χ3n) is 9.72. The third-order valence-corrected chi connectivity index (χ3v) is 9.72. The molecular formula is C32H43N3O5. The molecule has 1 aliphatic carbocycles. The number of carbonyl (C=O) groups is 3. The van der Waals surface area contributed by atoms with Crippen molar-refractivity contribution in [1.82, 2.24) is 9.80 Å². The van der Waals surface area contributed by atoms with E-state index >= 15 is 0 Å². The van der Waals surface area contributed by atoms with Gasteiger partial charge in [0.2, 0.25) is 17.7 Å². The molecule has 6 atom stereocenters. The number of anilines is 1. The lowest BCUT2D eigenvalue weighted by Crippen LogP contribution is -2.60. The second kappa shape index (κ2) is 11.1. The van der Waals surface area contributed by atoms with Crippen LogP contribution in [-0.2, 0) is 19.1 Å². The molecule has 2 bridgehead atoms. The minimum Gasteiger partial charge on any atom is -0.394 e.